The molecule has 0 bridgehead atoms. The van der Waals surface area contributed by atoms with E-state index in [4.69, 9.17) is 0 Å². The number of hydrogen-bond acceptors (Lipinski definition) is 3. The standard InChI is InChI=1S/C15H25N3O2S/c1-5-9-16-12(2)13-6-7-15-14(11-13)8-10-18(15)21(19,20)17(3)4/h6-7,11-12,16H,5,8-10H2,1-4H3. The quantitative estimate of drug-likeness (QED) is 0.873. The summed E-state index contributed by atoms with van der Waals surface area (Å²) in [5.41, 5.74) is 3.14. The summed E-state index contributed by atoms with van der Waals surface area (Å²) in [6.45, 7) is 5.79. The molecule has 1 N–H and O–H groups in total. The van der Waals surface area contributed by atoms with Gasteiger partial charge in [-0.2, -0.15) is 12.7 Å². The lowest BCUT2D eigenvalue weighted by molar-refractivity contribution is 0.517. The highest BCUT2D eigenvalue weighted by atomic mass is 32.2. The predicted octanol–water partition coefficient (Wildman–Crippen LogP) is 1.92. The third-order valence-electron chi connectivity index (χ3n) is 3.90. The molecule has 1 heterocycles. The van der Waals surface area contributed by atoms with Crippen molar-refractivity contribution in [1.82, 2.24) is 9.62 Å². The molecule has 6 heteroatoms. The van der Waals surface area contributed by atoms with Crippen molar-refractivity contribution in [1.29, 1.82) is 0 Å². The van der Waals surface area contributed by atoms with Gasteiger partial charge in [0.25, 0.3) is 0 Å². The van der Waals surface area contributed by atoms with Crippen LogP contribution >= 0.6 is 0 Å². The first-order valence-electron chi connectivity index (χ1n) is 7.44. The lowest BCUT2D eigenvalue weighted by Crippen LogP contribution is -2.38. The molecule has 1 unspecified atom stereocenters. The van der Waals surface area contributed by atoms with E-state index < -0.39 is 10.2 Å². The second kappa shape index (κ2) is 6.34. The van der Waals surface area contributed by atoms with Gasteiger partial charge in [0, 0.05) is 26.7 Å². The number of nitrogens with one attached hydrogen (secondary N) is 1. The summed E-state index contributed by atoms with van der Waals surface area (Å²) in [6.07, 6.45) is 1.88. The Morgan fingerprint density at radius 3 is 2.71 bits per heavy atom. The number of rotatable bonds is 6. The molecular weight excluding hydrogens is 286 g/mol. The van der Waals surface area contributed by atoms with Crippen molar-refractivity contribution in [3.8, 4) is 0 Å². The van der Waals surface area contributed by atoms with E-state index in [1.807, 2.05) is 12.1 Å². The molecule has 0 saturated heterocycles. The summed E-state index contributed by atoms with van der Waals surface area (Å²) < 4.78 is 27.4. The molecule has 0 saturated carbocycles. The molecular formula is C15H25N3O2S. The molecule has 1 aromatic rings. The largest absolute Gasteiger partial charge is 0.310 e. The molecule has 1 aromatic carbocycles. The first-order valence-corrected chi connectivity index (χ1v) is 8.84. The van der Waals surface area contributed by atoms with E-state index in [1.54, 1.807) is 14.1 Å². The average Bonchev–Trinajstić information content (AvgIpc) is 2.87. The van der Waals surface area contributed by atoms with Crippen LogP contribution in [0.1, 0.15) is 37.4 Å². The van der Waals surface area contributed by atoms with E-state index in [1.165, 1.54) is 14.2 Å². The molecule has 0 radical (unpaired) electrons. The van der Waals surface area contributed by atoms with Crippen LogP contribution in [0.15, 0.2) is 18.2 Å². The SMILES string of the molecule is CCCNC(C)c1ccc2c(c1)CCN2S(=O)(=O)N(C)C. The van der Waals surface area contributed by atoms with Crippen molar-refractivity contribution in [2.45, 2.75) is 32.7 Å². The van der Waals surface area contributed by atoms with Crippen molar-refractivity contribution in [3.63, 3.8) is 0 Å². The number of hydrogen-bond donors (Lipinski definition) is 1. The van der Waals surface area contributed by atoms with Crippen molar-refractivity contribution < 1.29 is 8.42 Å². The zero-order valence-electron chi connectivity index (χ0n) is 13.3. The van der Waals surface area contributed by atoms with Crippen LogP contribution in [-0.2, 0) is 16.6 Å². The van der Waals surface area contributed by atoms with Crippen LogP contribution in [0, 0.1) is 0 Å². The minimum Gasteiger partial charge on any atom is -0.310 e. The Morgan fingerprint density at radius 1 is 1.38 bits per heavy atom. The van der Waals surface area contributed by atoms with Gasteiger partial charge in [-0.15, -0.1) is 0 Å². The molecule has 21 heavy (non-hydrogen) atoms. The first kappa shape index (κ1) is 16.3. The molecule has 1 aliphatic heterocycles. The third-order valence-corrected chi connectivity index (χ3v) is 5.76. The van der Waals surface area contributed by atoms with Crippen molar-refractivity contribution in [2.24, 2.45) is 0 Å². The first-order chi connectivity index (χ1) is 9.87. The van der Waals surface area contributed by atoms with Gasteiger partial charge in [0.1, 0.15) is 0 Å². The zero-order valence-corrected chi connectivity index (χ0v) is 14.1. The van der Waals surface area contributed by atoms with Crippen LogP contribution in [0.3, 0.4) is 0 Å². The Bertz CT molecular complexity index is 599. The normalized spacial score (nSPS) is 16.3. The molecule has 0 spiro atoms. The molecule has 1 atom stereocenters. The summed E-state index contributed by atoms with van der Waals surface area (Å²) in [4.78, 5) is 0. The van der Waals surface area contributed by atoms with Gasteiger partial charge in [0.15, 0.2) is 0 Å². The highest BCUT2D eigenvalue weighted by Crippen LogP contribution is 2.32. The van der Waals surface area contributed by atoms with Gasteiger partial charge in [-0.05, 0) is 43.5 Å². The zero-order chi connectivity index (χ0) is 15.6. The van der Waals surface area contributed by atoms with Crippen LogP contribution in [0.25, 0.3) is 0 Å². The van der Waals surface area contributed by atoms with E-state index >= 15 is 0 Å². The van der Waals surface area contributed by atoms with E-state index in [0.29, 0.717) is 6.54 Å². The van der Waals surface area contributed by atoms with Crippen LogP contribution in [0.2, 0.25) is 0 Å². The number of nitrogens with zero attached hydrogens (tertiary/aromatic N) is 2. The predicted molar refractivity (Wildman–Crippen MR) is 86.8 cm³/mol. The summed E-state index contributed by atoms with van der Waals surface area (Å²) >= 11 is 0. The van der Waals surface area contributed by atoms with Gasteiger partial charge in [0.2, 0.25) is 0 Å². The van der Waals surface area contributed by atoms with Crippen LogP contribution in [0.5, 0.6) is 0 Å². The van der Waals surface area contributed by atoms with Crippen LogP contribution in [0.4, 0.5) is 5.69 Å². The highest BCUT2D eigenvalue weighted by molar-refractivity contribution is 7.90. The summed E-state index contributed by atoms with van der Waals surface area (Å²) in [7, 11) is -0.250. The van der Waals surface area contributed by atoms with E-state index in [-0.39, 0.29) is 6.04 Å². The summed E-state index contributed by atoms with van der Waals surface area (Å²) in [5, 5.41) is 3.46. The number of anilines is 1. The monoisotopic (exact) mass is 311 g/mol. The smallest absolute Gasteiger partial charge is 0.303 e. The van der Waals surface area contributed by atoms with Crippen molar-refractivity contribution in [3.05, 3.63) is 29.3 Å². The molecule has 0 aromatic heterocycles. The minimum absolute atomic E-state index is 0.287. The fourth-order valence-electron chi connectivity index (χ4n) is 2.58. The van der Waals surface area contributed by atoms with Crippen molar-refractivity contribution >= 4 is 15.9 Å². The highest BCUT2D eigenvalue weighted by Gasteiger charge is 2.31. The molecule has 0 aliphatic carbocycles. The van der Waals surface area contributed by atoms with E-state index in [0.717, 1.165) is 30.6 Å². The number of fused-ring (bicyclic) bond motifs is 1. The van der Waals surface area contributed by atoms with E-state index in [2.05, 4.69) is 25.2 Å². The lowest BCUT2D eigenvalue weighted by atomic mass is 10.0. The second-order valence-electron chi connectivity index (χ2n) is 5.68. The maximum Gasteiger partial charge on any atom is 0.303 e. The molecule has 1 aliphatic rings. The summed E-state index contributed by atoms with van der Waals surface area (Å²) in [5.74, 6) is 0. The fourth-order valence-corrected chi connectivity index (χ4v) is 3.72. The summed E-state index contributed by atoms with van der Waals surface area (Å²) in [6, 6.07) is 6.38. The number of benzene rings is 1. The Morgan fingerprint density at radius 2 is 2.10 bits per heavy atom. The molecule has 0 amide bonds. The average molecular weight is 311 g/mol. The Labute approximate surface area is 128 Å². The molecule has 5 nitrogen and oxygen atoms in total. The van der Waals surface area contributed by atoms with Gasteiger partial charge in [0.05, 0.1) is 5.69 Å². The van der Waals surface area contributed by atoms with Gasteiger partial charge >= 0.3 is 10.2 Å². The van der Waals surface area contributed by atoms with Gasteiger partial charge < -0.3 is 5.32 Å². The van der Waals surface area contributed by atoms with Gasteiger partial charge in [-0.1, -0.05) is 19.1 Å². The molecule has 118 valence electrons. The third kappa shape index (κ3) is 3.22. The van der Waals surface area contributed by atoms with Crippen LogP contribution < -0.4 is 9.62 Å². The Hall–Kier alpha value is -1.11. The molecule has 2 rings (SSSR count). The second-order valence-corrected chi connectivity index (χ2v) is 7.74. The van der Waals surface area contributed by atoms with Crippen molar-refractivity contribution in [2.75, 3.05) is 31.5 Å². The maximum atomic E-state index is 12.3. The minimum atomic E-state index is -3.39. The maximum absolute atomic E-state index is 12.3. The van der Waals surface area contributed by atoms with Gasteiger partial charge in [-0.3, -0.25) is 4.31 Å². The Balaban J connectivity index is 2.25. The fraction of sp³-hybridized carbons (Fsp3) is 0.600. The van der Waals surface area contributed by atoms with Gasteiger partial charge in [-0.25, -0.2) is 0 Å². The van der Waals surface area contributed by atoms with E-state index in [9.17, 15) is 8.42 Å². The Kier molecular flexibility index (Phi) is 4.91. The van der Waals surface area contributed by atoms with Crippen LogP contribution in [-0.4, -0.2) is 39.9 Å². The molecule has 0 fully saturated rings. The topological polar surface area (TPSA) is 52.7 Å². The lowest BCUT2D eigenvalue weighted by Gasteiger charge is -2.23.